The minimum Gasteiger partial charge on any atom is -0.494 e. The lowest BCUT2D eigenvalue weighted by Crippen LogP contribution is -1.94. The van der Waals surface area contributed by atoms with Crippen molar-refractivity contribution in [2.24, 2.45) is 0 Å². The lowest BCUT2D eigenvalue weighted by atomic mass is 10.1. The Hall–Kier alpha value is -1.24. The van der Waals surface area contributed by atoms with Crippen molar-refractivity contribution in [2.45, 2.75) is 26.7 Å². The zero-order chi connectivity index (χ0) is 10.4. The van der Waals surface area contributed by atoms with E-state index >= 15 is 0 Å². The highest BCUT2D eigenvalue weighted by atomic mass is 16.5. The van der Waals surface area contributed by atoms with Gasteiger partial charge in [0, 0.05) is 0 Å². The number of hydrogen-bond acceptors (Lipinski definition) is 1. The Morgan fingerprint density at radius 1 is 1.29 bits per heavy atom. The molecule has 14 heavy (non-hydrogen) atoms. The fourth-order valence-electron chi connectivity index (χ4n) is 1.49. The molecule has 1 aromatic carbocycles. The largest absolute Gasteiger partial charge is 0.494 e. The predicted octanol–water partition coefficient (Wildman–Crippen LogP) is 3.68. The van der Waals surface area contributed by atoms with Crippen LogP contribution in [0, 0.1) is 0 Å². The Bertz CT molecular complexity index is 278. The summed E-state index contributed by atoms with van der Waals surface area (Å²) >= 11 is 0. The van der Waals surface area contributed by atoms with Gasteiger partial charge in [0.15, 0.2) is 0 Å². The van der Waals surface area contributed by atoms with Crippen molar-refractivity contribution in [1.82, 2.24) is 0 Å². The number of ether oxygens (including phenoxy) is 1. The lowest BCUT2D eigenvalue weighted by molar-refractivity contribution is 0.340. The zero-order valence-corrected chi connectivity index (χ0v) is 9.05. The third-order valence-corrected chi connectivity index (χ3v) is 2.07. The normalized spacial score (nSPS) is 9.86. The minimum absolute atomic E-state index is 0.714. The van der Waals surface area contributed by atoms with Gasteiger partial charge in [-0.1, -0.05) is 32.1 Å². The van der Waals surface area contributed by atoms with Crippen LogP contribution in [0.3, 0.4) is 0 Å². The van der Waals surface area contributed by atoms with Crippen LogP contribution >= 0.6 is 0 Å². The Balaban J connectivity index is 2.94. The molecular formula is C13H18O. The molecule has 0 aromatic heterocycles. The summed E-state index contributed by atoms with van der Waals surface area (Å²) in [6, 6.07) is 6.30. The SMILES string of the molecule is C=Cc1cc(CCC)cc(OCC)c1. The van der Waals surface area contributed by atoms with Gasteiger partial charge in [0.25, 0.3) is 0 Å². The second-order valence-electron chi connectivity index (χ2n) is 3.30. The van der Waals surface area contributed by atoms with Crippen molar-refractivity contribution >= 4 is 6.08 Å². The summed E-state index contributed by atoms with van der Waals surface area (Å²) in [6.45, 7) is 8.67. The summed E-state index contributed by atoms with van der Waals surface area (Å²) in [5.74, 6) is 0.952. The maximum atomic E-state index is 5.49. The molecule has 0 saturated carbocycles. The number of rotatable bonds is 5. The first-order valence-corrected chi connectivity index (χ1v) is 5.19. The monoisotopic (exact) mass is 190 g/mol. The second kappa shape index (κ2) is 5.48. The zero-order valence-electron chi connectivity index (χ0n) is 9.05. The molecule has 0 aliphatic rings. The fraction of sp³-hybridized carbons (Fsp3) is 0.385. The third-order valence-electron chi connectivity index (χ3n) is 2.07. The molecule has 0 atom stereocenters. The molecule has 0 aliphatic heterocycles. The second-order valence-corrected chi connectivity index (χ2v) is 3.30. The van der Waals surface area contributed by atoms with Crippen molar-refractivity contribution in [2.75, 3.05) is 6.61 Å². The highest BCUT2D eigenvalue weighted by Crippen LogP contribution is 2.19. The number of hydrogen-bond donors (Lipinski definition) is 0. The highest BCUT2D eigenvalue weighted by Gasteiger charge is 1.98. The van der Waals surface area contributed by atoms with Gasteiger partial charge in [-0.15, -0.1) is 0 Å². The van der Waals surface area contributed by atoms with E-state index in [4.69, 9.17) is 4.74 Å². The van der Waals surface area contributed by atoms with E-state index in [1.165, 1.54) is 5.56 Å². The topological polar surface area (TPSA) is 9.23 Å². The van der Waals surface area contributed by atoms with Crippen molar-refractivity contribution < 1.29 is 4.74 Å². The van der Waals surface area contributed by atoms with E-state index in [9.17, 15) is 0 Å². The molecule has 1 heteroatoms. The Kier molecular flexibility index (Phi) is 4.24. The van der Waals surface area contributed by atoms with Crippen molar-refractivity contribution in [3.63, 3.8) is 0 Å². The van der Waals surface area contributed by atoms with Crippen LogP contribution in [0.5, 0.6) is 5.75 Å². The molecule has 0 spiro atoms. The van der Waals surface area contributed by atoms with Crippen molar-refractivity contribution in [1.29, 1.82) is 0 Å². The predicted molar refractivity (Wildman–Crippen MR) is 61.7 cm³/mol. The van der Waals surface area contributed by atoms with E-state index in [1.54, 1.807) is 0 Å². The van der Waals surface area contributed by atoms with Crippen LogP contribution in [0.25, 0.3) is 6.08 Å². The first-order chi connectivity index (χ1) is 6.80. The van der Waals surface area contributed by atoms with Gasteiger partial charge < -0.3 is 4.74 Å². The van der Waals surface area contributed by atoms with Crippen LogP contribution in [0.4, 0.5) is 0 Å². The summed E-state index contributed by atoms with van der Waals surface area (Å²) in [7, 11) is 0. The van der Waals surface area contributed by atoms with Crippen LogP contribution in [0.15, 0.2) is 24.8 Å². The van der Waals surface area contributed by atoms with E-state index in [-0.39, 0.29) is 0 Å². The summed E-state index contributed by atoms with van der Waals surface area (Å²) in [6.07, 6.45) is 4.12. The Morgan fingerprint density at radius 2 is 2.07 bits per heavy atom. The van der Waals surface area contributed by atoms with Crippen molar-refractivity contribution in [3.05, 3.63) is 35.9 Å². The molecule has 76 valence electrons. The van der Waals surface area contributed by atoms with E-state index in [0.717, 1.165) is 24.2 Å². The standard InChI is InChI=1S/C13H18O/c1-4-7-12-8-11(5-2)9-13(10-12)14-6-3/h5,8-10H,2,4,6-7H2,1,3H3. The van der Waals surface area contributed by atoms with Gasteiger partial charge in [0.1, 0.15) is 5.75 Å². The quantitative estimate of drug-likeness (QED) is 0.688. The lowest BCUT2D eigenvalue weighted by Gasteiger charge is -2.07. The molecule has 1 rings (SSSR count). The number of benzene rings is 1. The van der Waals surface area contributed by atoms with Crippen LogP contribution in [-0.4, -0.2) is 6.61 Å². The van der Waals surface area contributed by atoms with Crippen LogP contribution in [0.2, 0.25) is 0 Å². The van der Waals surface area contributed by atoms with E-state index in [1.807, 2.05) is 19.1 Å². The van der Waals surface area contributed by atoms with Crippen LogP contribution in [-0.2, 0) is 6.42 Å². The molecule has 0 unspecified atom stereocenters. The van der Waals surface area contributed by atoms with Gasteiger partial charge in [-0.05, 0) is 36.6 Å². The summed E-state index contributed by atoms with van der Waals surface area (Å²) in [5, 5.41) is 0. The maximum absolute atomic E-state index is 5.49. The van der Waals surface area contributed by atoms with Crippen molar-refractivity contribution in [3.8, 4) is 5.75 Å². The van der Waals surface area contributed by atoms with Gasteiger partial charge >= 0.3 is 0 Å². The molecule has 0 bridgehead atoms. The highest BCUT2D eigenvalue weighted by molar-refractivity contribution is 5.51. The summed E-state index contributed by atoms with van der Waals surface area (Å²) in [4.78, 5) is 0. The van der Waals surface area contributed by atoms with E-state index < -0.39 is 0 Å². The fourth-order valence-corrected chi connectivity index (χ4v) is 1.49. The molecule has 1 nitrogen and oxygen atoms in total. The molecule has 0 heterocycles. The first-order valence-electron chi connectivity index (χ1n) is 5.19. The molecule has 1 aromatic rings. The molecule has 0 radical (unpaired) electrons. The number of aryl methyl sites for hydroxylation is 1. The van der Waals surface area contributed by atoms with Gasteiger partial charge in [-0.25, -0.2) is 0 Å². The molecule has 0 aliphatic carbocycles. The van der Waals surface area contributed by atoms with Gasteiger partial charge in [-0.3, -0.25) is 0 Å². The van der Waals surface area contributed by atoms with E-state index in [0.29, 0.717) is 6.61 Å². The average molecular weight is 190 g/mol. The maximum Gasteiger partial charge on any atom is 0.120 e. The van der Waals surface area contributed by atoms with Gasteiger partial charge in [-0.2, -0.15) is 0 Å². The molecule has 0 fully saturated rings. The minimum atomic E-state index is 0.714. The van der Waals surface area contributed by atoms with Crippen LogP contribution in [0.1, 0.15) is 31.4 Å². The average Bonchev–Trinajstić information content (AvgIpc) is 2.18. The van der Waals surface area contributed by atoms with Gasteiger partial charge in [0.2, 0.25) is 0 Å². The molecular weight excluding hydrogens is 172 g/mol. The molecule has 0 amide bonds. The van der Waals surface area contributed by atoms with Gasteiger partial charge in [0.05, 0.1) is 6.61 Å². The molecule has 0 saturated heterocycles. The molecule has 0 N–H and O–H groups in total. The van der Waals surface area contributed by atoms with Crippen LogP contribution < -0.4 is 4.74 Å². The third kappa shape index (κ3) is 2.91. The Morgan fingerprint density at radius 3 is 2.64 bits per heavy atom. The first kappa shape index (κ1) is 10.8. The smallest absolute Gasteiger partial charge is 0.120 e. The van der Waals surface area contributed by atoms with E-state index in [2.05, 4.69) is 25.6 Å². The Labute approximate surface area is 86.4 Å². The summed E-state index contributed by atoms with van der Waals surface area (Å²) in [5.41, 5.74) is 2.47. The summed E-state index contributed by atoms with van der Waals surface area (Å²) < 4.78 is 5.49.